The summed E-state index contributed by atoms with van der Waals surface area (Å²) < 4.78 is 13.9. The Bertz CT molecular complexity index is 378. The van der Waals surface area contributed by atoms with Crippen LogP contribution < -0.4 is 5.32 Å². The first-order valence-corrected chi connectivity index (χ1v) is 6.54. The molecular weight excluding hydrogens is 241 g/mol. The van der Waals surface area contributed by atoms with Crippen molar-refractivity contribution in [2.24, 2.45) is 0 Å². The standard InChI is InChI=1S/C12H17ClFN3/c1-2-10-11(14)12(16-7-15-10)17-9-5-3-8(13)4-6-9/h7-9H,2-6H2,1H3,(H,15,16,17). The molecule has 1 aromatic heterocycles. The molecule has 17 heavy (non-hydrogen) atoms. The van der Waals surface area contributed by atoms with Crippen molar-refractivity contribution >= 4 is 17.4 Å². The zero-order valence-corrected chi connectivity index (χ0v) is 10.7. The molecule has 2 rings (SSSR count). The molecule has 1 N–H and O–H groups in total. The summed E-state index contributed by atoms with van der Waals surface area (Å²) in [6, 6.07) is 0.277. The van der Waals surface area contributed by atoms with E-state index < -0.39 is 0 Å². The first kappa shape index (κ1) is 12.6. The highest BCUT2D eigenvalue weighted by Crippen LogP contribution is 2.25. The predicted molar refractivity (Wildman–Crippen MR) is 66.9 cm³/mol. The minimum Gasteiger partial charge on any atom is -0.365 e. The van der Waals surface area contributed by atoms with Crippen molar-refractivity contribution in [3.05, 3.63) is 17.8 Å². The largest absolute Gasteiger partial charge is 0.365 e. The Kier molecular flexibility index (Phi) is 4.15. The maximum Gasteiger partial charge on any atom is 0.186 e. The summed E-state index contributed by atoms with van der Waals surface area (Å²) >= 11 is 6.04. The third-order valence-electron chi connectivity index (χ3n) is 3.19. The molecule has 0 saturated heterocycles. The molecule has 0 aromatic carbocycles. The summed E-state index contributed by atoms with van der Waals surface area (Å²) in [6.07, 6.45) is 5.89. The van der Waals surface area contributed by atoms with E-state index in [-0.39, 0.29) is 17.2 Å². The van der Waals surface area contributed by atoms with Gasteiger partial charge in [0.1, 0.15) is 6.33 Å². The van der Waals surface area contributed by atoms with Crippen LogP contribution in [0.2, 0.25) is 0 Å². The van der Waals surface area contributed by atoms with Crippen molar-refractivity contribution in [3.63, 3.8) is 0 Å². The average Bonchev–Trinajstić information content (AvgIpc) is 2.35. The van der Waals surface area contributed by atoms with Crippen molar-refractivity contribution in [1.82, 2.24) is 9.97 Å². The average molecular weight is 258 g/mol. The maximum absolute atomic E-state index is 13.9. The van der Waals surface area contributed by atoms with Crippen LogP contribution in [-0.4, -0.2) is 21.4 Å². The highest BCUT2D eigenvalue weighted by Gasteiger charge is 2.21. The second kappa shape index (κ2) is 5.63. The van der Waals surface area contributed by atoms with E-state index in [0.717, 1.165) is 25.7 Å². The number of aryl methyl sites for hydroxylation is 1. The Morgan fingerprint density at radius 3 is 2.71 bits per heavy atom. The zero-order valence-electron chi connectivity index (χ0n) is 9.92. The number of hydrogen-bond donors (Lipinski definition) is 1. The van der Waals surface area contributed by atoms with Gasteiger partial charge in [0, 0.05) is 11.4 Å². The minimum absolute atomic E-state index is 0.273. The lowest BCUT2D eigenvalue weighted by Gasteiger charge is -2.26. The molecule has 1 aromatic rings. The maximum atomic E-state index is 13.9. The van der Waals surface area contributed by atoms with Crippen LogP contribution in [0.15, 0.2) is 6.33 Å². The van der Waals surface area contributed by atoms with Crippen LogP contribution in [0.5, 0.6) is 0 Å². The molecule has 1 heterocycles. The molecule has 0 atom stereocenters. The number of alkyl halides is 1. The molecule has 0 bridgehead atoms. The first-order valence-electron chi connectivity index (χ1n) is 6.10. The molecule has 1 aliphatic carbocycles. The Morgan fingerprint density at radius 1 is 1.35 bits per heavy atom. The molecule has 3 nitrogen and oxygen atoms in total. The van der Waals surface area contributed by atoms with E-state index in [1.807, 2.05) is 6.92 Å². The van der Waals surface area contributed by atoms with Crippen molar-refractivity contribution in [2.45, 2.75) is 50.4 Å². The van der Waals surface area contributed by atoms with E-state index in [1.165, 1.54) is 6.33 Å². The molecule has 1 aliphatic rings. The van der Waals surface area contributed by atoms with Crippen LogP contribution in [0.3, 0.4) is 0 Å². The topological polar surface area (TPSA) is 37.8 Å². The number of halogens is 2. The SMILES string of the molecule is CCc1ncnc(NC2CCC(Cl)CC2)c1F. The molecule has 0 amide bonds. The lowest BCUT2D eigenvalue weighted by molar-refractivity contribution is 0.464. The van der Waals surface area contributed by atoms with Gasteiger partial charge in [-0.1, -0.05) is 6.92 Å². The number of anilines is 1. The second-order valence-corrected chi connectivity index (χ2v) is 5.05. The highest BCUT2D eigenvalue weighted by molar-refractivity contribution is 6.20. The molecule has 1 saturated carbocycles. The summed E-state index contributed by atoms with van der Waals surface area (Å²) in [4.78, 5) is 7.89. The Balaban J connectivity index is 2.03. The van der Waals surface area contributed by atoms with Gasteiger partial charge < -0.3 is 5.32 Å². The van der Waals surface area contributed by atoms with E-state index in [9.17, 15) is 4.39 Å². The van der Waals surface area contributed by atoms with Crippen LogP contribution in [0.1, 0.15) is 38.3 Å². The summed E-state index contributed by atoms with van der Waals surface area (Å²) in [6.45, 7) is 1.88. The van der Waals surface area contributed by atoms with Gasteiger partial charge in [0.05, 0.1) is 5.69 Å². The molecular formula is C12H17ClFN3. The number of nitrogens with zero attached hydrogens (tertiary/aromatic N) is 2. The van der Waals surface area contributed by atoms with Crippen LogP contribution in [0, 0.1) is 5.82 Å². The van der Waals surface area contributed by atoms with E-state index >= 15 is 0 Å². The van der Waals surface area contributed by atoms with Crippen LogP contribution in [0.25, 0.3) is 0 Å². The van der Waals surface area contributed by atoms with Gasteiger partial charge in [0.15, 0.2) is 11.6 Å². The van der Waals surface area contributed by atoms with Crippen LogP contribution in [-0.2, 0) is 6.42 Å². The van der Waals surface area contributed by atoms with Gasteiger partial charge in [0.25, 0.3) is 0 Å². The molecule has 5 heteroatoms. The van der Waals surface area contributed by atoms with Crippen molar-refractivity contribution in [1.29, 1.82) is 0 Å². The van der Waals surface area contributed by atoms with E-state index in [0.29, 0.717) is 17.9 Å². The van der Waals surface area contributed by atoms with Gasteiger partial charge >= 0.3 is 0 Å². The summed E-state index contributed by atoms with van der Waals surface area (Å²) in [5, 5.41) is 3.43. The summed E-state index contributed by atoms with van der Waals surface area (Å²) in [7, 11) is 0. The van der Waals surface area contributed by atoms with Gasteiger partial charge in [-0.3, -0.25) is 0 Å². The van der Waals surface area contributed by atoms with E-state index in [4.69, 9.17) is 11.6 Å². The Hall–Kier alpha value is -0.900. The quantitative estimate of drug-likeness (QED) is 0.846. The summed E-state index contributed by atoms with van der Waals surface area (Å²) in [5.41, 5.74) is 0.466. The van der Waals surface area contributed by atoms with Crippen molar-refractivity contribution in [3.8, 4) is 0 Å². The number of hydrogen-bond acceptors (Lipinski definition) is 3. The van der Waals surface area contributed by atoms with Crippen molar-refractivity contribution < 1.29 is 4.39 Å². The number of nitrogens with one attached hydrogen (secondary N) is 1. The van der Waals surface area contributed by atoms with E-state index in [1.54, 1.807) is 0 Å². The lowest BCUT2D eigenvalue weighted by Crippen LogP contribution is -2.27. The van der Waals surface area contributed by atoms with Crippen LogP contribution in [0.4, 0.5) is 10.2 Å². The Labute approximate surface area is 106 Å². The van der Waals surface area contributed by atoms with Gasteiger partial charge in [-0.25, -0.2) is 14.4 Å². The molecule has 0 aliphatic heterocycles. The summed E-state index contributed by atoms with van der Waals surface area (Å²) in [5.74, 6) is 0.0119. The normalized spacial score (nSPS) is 24.6. The van der Waals surface area contributed by atoms with Gasteiger partial charge in [0.2, 0.25) is 0 Å². The monoisotopic (exact) mass is 257 g/mol. The Morgan fingerprint density at radius 2 is 2.06 bits per heavy atom. The predicted octanol–water partition coefficient (Wildman–Crippen LogP) is 3.14. The van der Waals surface area contributed by atoms with Gasteiger partial charge in [-0.15, -0.1) is 11.6 Å². The van der Waals surface area contributed by atoms with E-state index in [2.05, 4.69) is 15.3 Å². The molecule has 94 valence electrons. The highest BCUT2D eigenvalue weighted by atomic mass is 35.5. The minimum atomic E-state index is -0.317. The fourth-order valence-electron chi connectivity index (χ4n) is 2.14. The number of aromatic nitrogens is 2. The van der Waals surface area contributed by atoms with Crippen LogP contribution >= 0.6 is 11.6 Å². The second-order valence-electron chi connectivity index (χ2n) is 4.43. The third-order valence-corrected chi connectivity index (χ3v) is 3.63. The fraction of sp³-hybridized carbons (Fsp3) is 0.667. The smallest absolute Gasteiger partial charge is 0.186 e. The molecule has 0 radical (unpaired) electrons. The molecule has 0 spiro atoms. The van der Waals surface area contributed by atoms with Crippen molar-refractivity contribution in [2.75, 3.05) is 5.32 Å². The molecule has 0 unspecified atom stereocenters. The lowest BCUT2D eigenvalue weighted by atomic mass is 9.95. The third kappa shape index (κ3) is 3.06. The first-order chi connectivity index (χ1) is 8.20. The number of rotatable bonds is 3. The van der Waals surface area contributed by atoms with Gasteiger partial charge in [-0.2, -0.15) is 0 Å². The zero-order chi connectivity index (χ0) is 12.3. The van der Waals surface area contributed by atoms with Gasteiger partial charge in [-0.05, 0) is 32.1 Å². The fourth-order valence-corrected chi connectivity index (χ4v) is 2.40. The molecule has 1 fully saturated rings.